The maximum absolute atomic E-state index is 13.1. The fourth-order valence-electron chi connectivity index (χ4n) is 11.5. The summed E-state index contributed by atoms with van der Waals surface area (Å²) in [7, 11) is -9.91. The summed E-state index contributed by atoms with van der Waals surface area (Å²) < 4.78 is 68.5. The predicted octanol–water partition coefficient (Wildman–Crippen LogP) is 21.9. The molecule has 94 heavy (non-hydrogen) atoms. The Labute approximate surface area is 575 Å². The average molecular weight is 1380 g/mol. The molecule has 0 saturated heterocycles. The summed E-state index contributed by atoms with van der Waals surface area (Å²) in [5.74, 6) is -0.660. The van der Waals surface area contributed by atoms with E-state index in [2.05, 4.69) is 41.5 Å². The van der Waals surface area contributed by atoms with Gasteiger partial charge >= 0.3 is 39.5 Å². The van der Waals surface area contributed by atoms with Gasteiger partial charge in [-0.05, 0) is 37.5 Å². The van der Waals surface area contributed by atoms with E-state index in [9.17, 15) is 43.2 Å². The number of rotatable bonds is 74. The van der Waals surface area contributed by atoms with Crippen molar-refractivity contribution in [2.24, 2.45) is 11.8 Å². The van der Waals surface area contributed by atoms with Crippen molar-refractivity contribution >= 4 is 39.5 Å². The zero-order valence-corrected chi connectivity index (χ0v) is 63.1. The number of carbonyl (C=O) groups is 4. The van der Waals surface area contributed by atoms with Crippen LogP contribution in [0.2, 0.25) is 0 Å². The number of phosphoric acid groups is 2. The molecule has 0 spiro atoms. The van der Waals surface area contributed by atoms with Gasteiger partial charge in [-0.1, -0.05) is 337 Å². The van der Waals surface area contributed by atoms with Crippen LogP contribution in [0.1, 0.15) is 388 Å². The highest BCUT2D eigenvalue weighted by atomic mass is 31.2. The van der Waals surface area contributed by atoms with Crippen molar-refractivity contribution in [3.8, 4) is 0 Å². The van der Waals surface area contributed by atoms with Gasteiger partial charge in [-0.25, -0.2) is 9.13 Å². The number of unbranched alkanes of at least 4 members (excludes halogenated alkanes) is 44. The van der Waals surface area contributed by atoms with Gasteiger partial charge in [-0.3, -0.25) is 37.3 Å². The van der Waals surface area contributed by atoms with E-state index in [1.807, 2.05) is 0 Å². The summed E-state index contributed by atoms with van der Waals surface area (Å²) in [6.07, 6.45) is 54.1. The highest BCUT2D eigenvalue weighted by Crippen LogP contribution is 2.45. The van der Waals surface area contributed by atoms with E-state index in [1.54, 1.807) is 0 Å². The van der Waals surface area contributed by atoms with Crippen molar-refractivity contribution in [2.45, 2.75) is 407 Å². The van der Waals surface area contributed by atoms with Crippen LogP contribution in [0, 0.1) is 11.8 Å². The number of ether oxygens (including phenoxy) is 4. The first kappa shape index (κ1) is 92.1. The fraction of sp³-hybridized carbons (Fsp3) is 0.947. The van der Waals surface area contributed by atoms with Crippen LogP contribution in [0.4, 0.5) is 0 Å². The molecule has 0 aromatic rings. The third kappa shape index (κ3) is 68.6. The standard InChI is InChI=1S/C75H146O17P2/c1-7-9-11-13-15-17-19-21-23-24-25-27-29-34-40-47-53-59-74(79)91-70(63-85-72(77)57-51-45-39-33-28-26-22-20-18-16-14-12-10-8-2)65-89-93(81,82)87-61-69(76)62-88-94(83,84)90-66-71(64-86-73(78)58-52-46-42-36-38-44-50-56-68(5)6)92-75(80)60-54-48-41-35-31-30-32-37-43-49-55-67(3)4/h67-71,76H,7-66H2,1-6H3,(H,81,82)(H,83,84)/t69-,70-,71-/m1/s1. The molecule has 0 aliphatic rings. The Hall–Kier alpha value is -1.94. The number of phosphoric ester groups is 2. The highest BCUT2D eigenvalue weighted by molar-refractivity contribution is 7.47. The van der Waals surface area contributed by atoms with E-state index in [0.717, 1.165) is 102 Å². The molecule has 0 aliphatic carbocycles. The van der Waals surface area contributed by atoms with Gasteiger partial charge < -0.3 is 33.8 Å². The Morgan fingerprint density at radius 3 is 0.723 bits per heavy atom. The summed E-state index contributed by atoms with van der Waals surface area (Å²) >= 11 is 0. The molecule has 5 atom stereocenters. The molecule has 19 heteroatoms. The number of aliphatic hydroxyl groups is 1. The Balaban J connectivity index is 5.25. The third-order valence-electron chi connectivity index (χ3n) is 17.5. The van der Waals surface area contributed by atoms with Crippen molar-refractivity contribution in [3.05, 3.63) is 0 Å². The molecule has 0 radical (unpaired) electrons. The van der Waals surface area contributed by atoms with Crippen LogP contribution in [-0.4, -0.2) is 96.7 Å². The molecule has 0 amide bonds. The third-order valence-corrected chi connectivity index (χ3v) is 19.4. The fourth-order valence-corrected chi connectivity index (χ4v) is 13.1. The topological polar surface area (TPSA) is 237 Å². The lowest BCUT2D eigenvalue weighted by Crippen LogP contribution is -2.30. The zero-order valence-electron chi connectivity index (χ0n) is 61.3. The smallest absolute Gasteiger partial charge is 0.462 e. The molecular formula is C75H146O17P2. The van der Waals surface area contributed by atoms with Gasteiger partial charge in [0.05, 0.1) is 26.4 Å². The maximum Gasteiger partial charge on any atom is 0.472 e. The normalized spacial score (nSPS) is 14.0. The van der Waals surface area contributed by atoms with Crippen LogP contribution < -0.4 is 0 Å². The van der Waals surface area contributed by atoms with Crippen LogP contribution in [0.3, 0.4) is 0 Å². The molecule has 0 aromatic heterocycles. The molecule has 0 bridgehead atoms. The van der Waals surface area contributed by atoms with Gasteiger partial charge in [0, 0.05) is 25.7 Å². The van der Waals surface area contributed by atoms with Crippen LogP contribution in [0.5, 0.6) is 0 Å². The van der Waals surface area contributed by atoms with E-state index in [4.69, 9.17) is 37.0 Å². The molecule has 0 heterocycles. The molecule has 17 nitrogen and oxygen atoms in total. The van der Waals surface area contributed by atoms with Crippen molar-refractivity contribution < 1.29 is 80.2 Å². The van der Waals surface area contributed by atoms with E-state index in [0.29, 0.717) is 31.6 Å². The number of hydrogen-bond donors (Lipinski definition) is 3. The first-order valence-electron chi connectivity index (χ1n) is 39.0. The van der Waals surface area contributed by atoms with Gasteiger partial charge in [0.25, 0.3) is 0 Å². The molecule has 0 rings (SSSR count). The number of hydrogen-bond acceptors (Lipinski definition) is 15. The molecule has 0 aromatic carbocycles. The van der Waals surface area contributed by atoms with Gasteiger partial charge in [0.15, 0.2) is 12.2 Å². The summed E-state index contributed by atoms with van der Waals surface area (Å²) in [6, 6.07) is 0. The van der Waals surface area contributed by atoms with Crippen molar-refractivity contribution in [1.82, 2.24) is 0 Å². The van der Waals surface area contributed by atoms with Crippen molar-refractivity contribution in [3.63, 3.8) is 0 Å². The molecule has 3 N–H and O–H groups in total. The van der Waals surface area contributed by atoms with Crippen molar-refractivity contribution in [2.75, 3.05) is 39.6 Å². The predicted molar refractivity (Wildman–Crippen MR) is 381 cm³/mol. The van der Waals surface area contributed by atoms with Crippen LogP contribution in [0.15, 0.2) is 0 Å². The first-order valence-corrected chi connectivity index (χ1v) is 42.0. The molecular weight excluding hydrogens is 1230 g/mol. The zero-order chi connectivity index (χ0) is 69.3. The Kier molecular flexibility index (Phi) is 65.5. The molecule has 0 saturated carbocycles. The highest BCUT2D eigenvalue weighted by Gasteiger charge is 2.30. The lowest BCUT2D eigenvalue weighted by atomic mass is 10.0. The Morgan fingerprint density at radius 2 is 0.489 bits per heavy atom. The van der Waals surface area contributed by atoms with Crippen molar-refractivity contribution in [1.29, 1.82) is 0 Å². The minimum absolute atomic E-state index is 0.105. The minimum Gasteiger partial charge on any atom is -0.462 e. The Bertz CT molecular complexity index is 1820. The molecule has 0 fully saturated rings. The number of esters is 4. The van der Waals surface area contributed by atoms with Gasteiger partial charge in [0.2, 0.25) is 0 Å². The monoisotopic (exact) mass is 1380 g/mol. The van der Waals surface area contributed by atoms with E-state index < -0.39 is 97.5 Å². The largest absolute Gasteiger partial charge is 0.472 e. The quantitative estimate of drug-likeness (QED) is 0.0222. The minimum atomic E-state index is -4.96. The van der Waals surface area contributed by atoms with Gasteiger partial charge in [0.1, 0.15) is 19.3 Å². The van der Waals surface area contributed by atoms with E-state index >= 15 is 0 Å². The van der Waals surface area contributed by atoms with Gasteiger partial charge in [-0.2, -0.15) is 0 Å². The number of aliphatic hydroxyl groups excluding tert-OH is 1. The summed E-state index contributed by atoms with van der Waals surface area (Å²) in [5.41, 5.74) is 0. The SMILES string of the molecule is CCCCCCCCCCCCCCCCCCCC(=O)O[C@H](COC(=O)CCCCCCCCCCCCCCCC)COP(=O)(O)OC[C@@H](O)COP(=O)(O)OC[C@@H](COC(=O)CCCCCCCCCC(C)C)OC(=O)CCCCCCCCCCCCC(C)C. The second-order valence-corrected chi connectivity index (χ2v) is 30.9. The second-order valence-electron chi connectivity index (χ2n) is 28.0. The van der Waals surface area contributed by atoms with Gasteiger partial charge in [-0.15, -0.1) is 0 Å². The number of carbonyl (C=O) groups excluding carboxylic acids is 4. The van der Waals surface area contributed by atoms with Crippen LogP contribution in [-0.2, 0) is 65.4 Å². The first-order chi connectivity index (χ1) is 45.4. The molecule has 558 valence electrons. The second kappa shape index (κ2) is 66.9. The van der Waals surface area contributed by atoms with E-state index in [1.165, 1.54) is 199 Å². The summed E-state index contributed by atoms with van der Waals surface area (Å²) in [6.45, 7) is 9.53. The maximum atomic E-state index is 13.1. The summed E-state index contributed by atoms with van der Waals surface area (Å²) in [5, 5.41) is 10.6. The Morgan fingerprint density at radius 1 is 0.287 bits per heavy atom. The lowest BCUT2D eigenvalue weighted by Gasteiger charge is -2.21. The van der Waals surface area contributed by atoms with E-state index in [-0.39, 0.29) is 25.7 Å². The average Bonchev–Trinajstić information content (AvgIpc) is 1.25. The molecule has 2 unspecified atom stereocenters. The summed E-state index contributed by atoms with van der Waals surface area (Å²) in [4.78, 5) is 72.8. The lowest BCUT2D eigenvalue weighted by molar-refractivity contribution is -0.161. The molecule has 0 aliphatic heterocycles. The van der Waals surface area contributed by atoms with Crippen LogP contribution in [0.25, 0.3) is 0 Å². The van der Waals surface area contributed by atoms with Crippen LogP contribution >= 0.6 is 15.6 Å².